The van der Waals surface area contributed by atoms with Gasteiger partial charge in [0.25, 0.3) is 0 Å². The Kier molecular flexibility index (Phi) is 7.69. The van der Waals surface area contributed by atoms with Gasteiger partial charge in [-0.25, -0.2) is 14.8 Å². The number of hydrogen-bond donors (Lipinski definition) is 2. The van der Waals surface area contributed by atoms with E-state index in [4.69, 9.17) is 9.97 Å². The van der Waals surface area contributed by atoms with Gasteiger partial charge in [-0.15, -0.1) is 0 Å². The first kappa shape index (κ1) is 23.5. The van der Waals surface area contributed by atoms with Crippen molar-refractivity contribution < 1.29 is 4.79 Å². The molecule has 0 aliphatic heterocycles. The van der Waals surface area contributed by atoms with Gasteiger partial charge in [-0.2, -0.15) is 11.8 Å². The highest BCUT2D eigenvalue weighted by atomic mass is 32.2. The largest absolute Gasteiger partial charge is 0.360 e. The van der Waals surface area contributed by atoms with Crippen LogP contribution >= 0.6 is 11.8 Å². The molecule has 0 unspecified atom stereocenters. The molecule has 2 amide bonds. The number of carbonyl (C=O) groups excluding carboxylic acids is 1. The number of urea groups is 1. The quantitative estimate of drug-likeness (QED) is 0.507. The molecule has 8 heteroatoms. The molecule has 2 aromatic heterocycles. The number of amides is 2. The molecule has 2 heterocycles. The summed E-state index contributed by atoms with van der Waals surface area (Å²) in [6.07, 6.45) is 5.49. The van der Waals surface area contributed by atoms with Crippen LogP contribution in [-0.2, 0) is 11.3 Å². The van der Waals surface area contributed by atoms with E-state index in [1.54, 1.807) is 24.2 Å². The van der Waals surface area contributed by atoms with Gasteiger partial charge in [0, 0.05) is 49.8 Å². The third kappa shape index (κ3) is 5.97. The highest BCUT2D eigenvalue weighted by Crippen LogP contribution is 2.35. The number of nitrogens with zero attached hydrogens (tertiary/aromatic N) is 4. The lowest BCUT2D eigenvalue weighted by molar-refractivity contribution is 0.251. The van der Waals surface area contributed by atoms with Crippen molar-refractivity contribution in [2.24, 2.45) is 0 Å². The Labute approximate surface area is 194 Å². The minimum absolute atomic E-state index is 0.130. The van der Waals surface area contributed by atoms with E-state index in [9.17, 15) is 4.79 Å². The molecule has 0 fully saturated rings. The van der Waals surface area contributed by atoms with Crippen LogP contribution in [0.25, 0.3) is 11.4 Å². The second-order valence-corrected chi connectivity index (χ2v) is 9.33. The molecule has 0 saturated carbocycles. The van der Waals surface area contributed by atoms with Gasteiger partial charge >= 0.3 is 6.03 Å². The van der Waals surface area contributed by atoms with Crippen LogP contribution in [0.15, 0.2) is 54.9 Å². The second-order valence-electron chi connectivity index (χ2n) is 7.90. The van der Waals surface area contributed by atoms with E-state index in [0.29, 0.717) is 18.1 Å². The molecule has 0 aliphatic rings. The molecule has 0 saturated heterocycles. The number of nitrogens with one attached hydrogen (secondary N) is 2. The van der Waals surface area contributed by atoms with Gasteiger partial charge in [0.1, 0.15) is 5.82 Å². The van der Waals surface area contributed by atoms with Crippen LogP contribution in [0.4, 0.5) is 16.3 Å². The predicted molar refractivity (Wildman–Crippen MR) is 133 cm³/mol. The highest BCUT2D eigenvalue weighted by Gasteiger charge is 2.23. The Morgan fingerprint density at radius 2 is 1.78 bits per heavy atom. The van der Waals surface area contributed by atoms with E-state index in [-0.39, 0.29) is 10.8 Å². The first-order valence-corrected chi connectivity index (χ1v) is 11.7. The normalized spacial score (nSPS) is 11.2. The summed E-state index contributed by atoms with van der Waals surface area (Å²) in [6, 6.07) is 13.1. The third-order valence-corrected chi connectivity index (χ3v) is 6.54. The maximum Gasteiger partial charge on any atom is 0.319 e. The van der Waals surface area contributed by atoms with Crippen molar-refractivity contribution in [1.82, 2.24) is 20.3 Å². The molecular formula is C24H30N6OS. The Morgan fingerprint density at radius 3 is 2.41 bits per heavy atom. The van der Waals surface area contributed by atoms with Crippen molar-refractivity contribution in [2.75, 3.05) is 30.1 Å². The number of aromatic nitrogens is 3. The van der Waals surface area contributed by atoms with Crippen LogP contribution in [0.3, 0.4) is 0 Å². The van der Waals surface area contributed by atoms with E-state index in [1.165, 1.54) is 0 Å². The average molecular weight is 451 g/mol. The van der Waals surface area contributed by atoms with Gasteiger partial charge in [0.2, 0.25) is 0 Å². The molecule has 0 bridgehead atoms. The number of benzene rings is 1. The first-order valence-electron chi connectivity index (χ1n) is 10.5. The summed E-state index contributed by atoms with van der Waals surface area (Å²) in [5.74, 6) is 1.57. The molecule has 1 aromatic carbocycles. The number of carbonyl (C=O) groups is 1. The molecule has 2 N–H and O–H groups in total. The van der Waals surface area contributed by atoms with Crippen LogP contribution in [0.1, 0.15) is 32.0 Å². The number of pyridine rings is 1. The smallest absolute Gasteiger partial charge is 0.319 e. The molecule has 0 spiro atoms. The van der Waals surface area contributed by atoms with E-state index in [1.807, 2.05) is 43.4 Å². The zero-order valence-electron chi connectivity index (χ0n) is 19.2. The van der Waals surface area contributed by atoms with E-state index >= 15 is 0 Å². The fraction of sp³-hybridized carbons (Fsp3) is 0.333. The Bertz CT molecular complexity index is 1040. The Morgan fingerprint density at radius 1 is 1.09 bits per heavy atom. The minimum Gasteiger partial charge on any atom is -0.360 e. The standard InChI is InChI=1S/C24H30N6OS/c1-6-30(4)21-15-20(24(2,3)32-5)28-22(29-21)18-7-9-19(10-8-18)27-23(31)26-16-17-11-13-25-14-12-17/h7-15H,6,16H2,1-5H3,(H2,26,27,31). The highest BCUT2D eigenvalue weighted by molar-refractivity contribution is 7.99. The number of rotatable bonds is 8. The predicted octanol–water partition coefficient (Wildman–Crippen LogP) is 4.91. The van der Waals surface area contributed by atoms with Crippen LogP contribution in [0, 0.1) is 0 Å². The molecule has 0 radical (unpaired) electrons. The van der Waals surface area contributed by atoms with Gasteiger partial charge in [-0.05, 0) is 69.0 Å². The van der Waals surface area contributed by atoms with E-state index in [2.05, 4.69) is 53.6 Å². The Balaban J connectivity index is 1.76. The average Bonchev–Trinajstić information content (AvgIpc) is 2.83. The van der Waals surface area contributed by atoms with Crippen molar-refractivity contribution in [1.29, 1.82) is 0 Å². The minimum atomic E-state index is -0.263. The topological polar surface area (TPSA) is 83.0 Å². The second kappa shape index (κ2) is 10.5. The monoisotopic (exact) mass is 450 g/mol. The van der Waals surface area contributed by atoms with E-state index < -0.39 is 0 Å². The zero-order chi connectivity index (χ0) is 23.1. The van der Waals surface area contributed by atoms with Crippen LogP contribution < -0.4 is 15.5 Å². The van der Waals surface area contributed by atoms with Gasteiger partial charge in [0.15, 0.2) is 5.82 Å². The SMILES string of the molecule is CCN(C)c1cc(C(C)(C)SC)nc(-c2ccc(NC(=O)NCc3ccncc3)cc2)n1. The van der Waals surface area contributed by atoms with Crippen molar-refractivity contribution in [2.45, 2.75) is 32.1 Å². The lowest BCUT2D eigenvalue weighted by Gasteiger charge is -2.24. The molecule has 0 atom stereocenters. The van der Waals surface area contributed by atoms with Gasteiger partial charge in [0.05, 0.1) is 10.4 Å². The summed E-state index contributed by atoms with van der Waals surface area (Å²) in [5.41, 5.74) is 3.58. The van der Waals surface area contributed by atoms with Crippen molar-refractivity contribution in [3.63, 3.8) is 0 Å². The molecule has 32 heavy (non-hydrogen) atoms. The van der Waals surface area contributed by atoms with Crippen molar-refractivity contribution in [3.8, 4) is 11.4 Å². The summed E-state index contributed by atoms with van der Waals surface area (Å²) in [4.78, 5) is 27.9. The molecule has 0 aliphatic carbocycles. The fourth-order valence-corrected chi connectivity index (χ4v) is 3.21. The summed E-state index contributed by atoms with van der Waals surface area (Å²) >= 11 is 1.76. The molecular weight excluding hydrogens is 420 g/mol. The molecule has 3 aromatic rings. The molecule has 168 valence electrons. The summed E-state index contributed by atoms with van der Waals surface area (Å²) in [5, 5.41) is 5.70. The Hall–Kier alpha value is -3.13. The molecule has 3 rings (SSSR count). The third-order valence-electron chi connectivity index (χ3n) is 5.31. The van der Waals surface area contributed by atoms with Gasteiger partial charge < -0.3 is 15.5 Å². The van der Waals surface area contributed by atoms with E-state index in [0.717, 1.165) is 29.2 Å². The number of hydrogen-bond acceptors (Lipinski definition) is 6. The van der Waals surface area contributed by atoms with Crippen LogP contribution in [-0.4, -0.2) is 40.8 Å². The van der Waals surface area contributed by atoms with Crippen molar-refractivity contribution in [3.05, 3.63) is 66.1 Å². The van der Waals surface area contributed by atoms with Gasteiger partial charge in [-0.3, -0.25) is 4.98 Å². The lowest BCUT2D eigenvalue weighted by atomic mass is 10.1. The summed E-state index contributed by atoms with van der Waals surface area (Å²) < 4.78 is -0.130. The van der Waals surface area contributed by atoms with Crippen LogP contribution in [0.2, 0.25) is 0 Å². The maximum atomic E-state index is 12.2. The first-order chi connectivity index (χ1) is 15.3. The van der Waals surface area contributed by atoms with Gasteiger partial charge in [-0.1, -0.05) is 0 Å². The van der Waals surface area contributed by atoms with Crippen LogP contribution in [0.5, 0.6) is 0 Å². The fourth-order valence-electron chi connectivity index (χ4n) is 2.89. The number of anilines is 2. The lowest BCUT2D eigenvalue weighted by Crippen LogP contribution is -2.28. The summed E-state index contributed by atoms with van der Waals surface area (Å²) in [7, 11) is 2.03. The molecule has 7 nitrogen and oxygen atoms in total. The maximum absolute atomic E-state index is 12.2. The summed E-state index contributed by atoms with van der Waals surface area (Å²) in [6.45, 7) is 7.72. The van der Waals surface area contributed by atoms with Crippen molar-refractivity contribution >= 4 is 29.3 Å². The zero-order valence-corrected chi connectivity index (χ0v) is 20.0. The number of thioether (sulfide) groups is 1.